The van der Waals surface area contributed by atoms with Crippen molar-refractivity contribution < 1.29 is 9.52 Å². The number of hydrogen-bond donors (Lipinski definition) is 1. The van der Waals surface area contributed by atoms with E-state index in [1.54, 1.807) is 25.3 Å². The van der Waals surface area contributed by atoms with Gasteiger partial charge in [0.05, 0.1) is 6.10 Å². The molecule has 0 aliphatic carbocycles. The molecule has 0 fully saturated rings. The van der Waals surface area contributed by atoms with Crippen LogP contribution >= 0.6 is 0 Å². The molecule has 15 heavy (non-hydrogen) atoms. The number of aromatic nitrogens is 2. The summed E-state index contributed by atoms with van der Waals surface area (Å²) in [7, 11) is 0. The van der Waals surface area contributed by atoms with Gasteiger partial charge in [0.2, 0.25) is 0 Å². The van der Waals surface area contributed by atoms with Crippen LogP contribution in [0.2, 0.25) is 0 Å². The van der Waals surface area contributed by atoms with Gasteiger partial charge in [-0.15, -0.1) is 0 Å². The minimum absolute atomic E-state index is 0.417. The van der Waals surface area contributed by atoms with E-state index in [2.05, 4.69) is 4.98 Å². The van der Waals surface area contributed by atoms with Gasteiger partial charge >= 0.3 is 5.76 Å². The van der Waals surface area contributed by atoms with Crippen LogP contribution in [0.1, 0.15) is 13.3 Å². The molecule has 0 radical (unpaired) electrons. The minimum Gasteiger partial charge on any atom is -0.406 e. The highest BCUT2D eigenvalue weighted by atomic mass is 16.4. The number of pyridine rings is 1. The van der Waals surface area contributed by atoms with E-state index in [1.807, 2.05) is 0 Å². The molecule has 5 heteroatoms. The van der Waals surface area contributed by atoms with Crippen LogP contribution in [0.5, 0.6) is 0 Å². The summed E-state index contributed by atoms with van der Waals surface area (Å²) in [6, 6.07) is 3.41. The average molecular weight is 208 g/mol. The Labute approximate surface area is 86.0 Å². The summed E-state index contributed by atoms with van der Waals surface area (Å²) in [6.07, 6.45) is 1.67. The lowest BCUT2D eigenvalue weighted by Crippen LogP contribution is -2.17. The van der Waals surface area contributed by atoms with Gasteiger partial charge in [0, 0.05) is 12.7 Å². The molecule has 0 aliphatic heterocycles. The quantitative estimate of drug-likeness (QED) is 0.808. The summed E-state index contributed by atoms with van der Waals surface area (Å²) in [5.41, 5.74) is 1.01. The van der Waals surface area contributed by atoms with Crippen molar-refractivity contribution in [3.05, 3.63) is 28.9 Å². The fourth-order valence-electron chi connectivity index (χ4n) is 1.41. The Morgan fingerprint density at radius 3 is 3.20 bits per heavy atom. The number of oxazole rings is 1. The smallest absolute Gasteiger partial charge is 0.406 e. The maximum Gasteiger partial charge on any atom is 0.421 e. The molecule has 1 N–H and O–H groups in total. The SMILES string of the molecule is CC(O)CCn1c(=O)oc2cccnc21. The van der Waals surface area contributed by atoms with Gasteiger partial charge in [-0.3, -0.25) is 4.57 Å². The summed E-state index contributed by atoms with van der Waals surface area (Å²) < 4.78 is 6.43. The van der Waals surface area contributed by atoms with Crippen molar-refractivity contribution in [3.63, 3.8) is 0 Å². The molecule has 0 saturated carbocycles. The molecule has 2 heterocycles. The van der Waals surface area contributed by atoms with Crippen LogP contribution in [-0.4, -0.2) is 20.8 Å². The molecule has 2 rings (SSSR count). The molecular formula is C10H12N2O3. The number of aryl methyl sites for hydroxylation is 1. The van der Waals surface area contributed by atoms with E-state index in [4.69, 9.17) is 9.52 Å². The number of aliphatic hydroxyl groups excluding tert-OH is 1. The normalized spacial score (nSPS) is 13.2. The highest BCUT2D eigenvalue weighted by Gasteiger charge is 2.09. The second kappa shape index (κ2) is 3.86. The Bertz CT molecular complexity index is 513. The first-order chi connectivity index (χ1) is 7.18. The van der Waals surface area contributed by atoms with Gasteiger partial charge in [0.25, 0.3) is 0 Å². The van der Waals surface area contributed by atoms with E-state index in [0.717, 1.165) is 0 Å². The lowest BCUT2D eigenvalue weighted by Gasteiger charge is -2.03. The van der Waals surface area contributed by atoms with Crippen molar-refractivity contribution >= 4 is 11.2 Å². The number of hydrogen-bond acceptors (Lipinski definition) is 4. The third-order valence-corrected chi connectivity index (χ3v) is 2.19. The van der Waals surface area contributed by atoms with E-state index in [1.165, 1.54) is 4.57 Å². The first-order valence-electron chi connectivity index (χ1n) is 4.81. The second-order valence-electron chi connectivity index (χ2n) is 3.48. The zero-order valence-corrected chi connectivity index (χ0v) is 8.38. The maximum atomic E-state index is 11.4. The zero-order chi connectivity index (χ0) is 10.8. The molecule has 80 valence electrons. The monoisotopic (exact) mass is 208 g/mol. The summed E-state index contributed by atoms with van der Waals surface area (Å²) in [4.78, 5) is 15.5. The lowest BCUT2D eigenvalue weighted by atomic mass is 10.3. The highest BCUT2D eigenvalue weighted by molar-refractivity contribution is 5.67. The predicted octanol–water partition coefficient (Wildman–Crippen LogP) is 0.760. The molecule has 2 aromatic heterocycles. The van der Waals surface area contributed by atoms with Gasteiger partial charge in [0.15, 0.2) is 11.2 Å². The minimum atomic E-state index is -0.439. The highest BCUT2D eigenvalue weighted by Crippen LogP contribution is 2.09. The fraction of sp³-hybridized carbons (Fsp3) is 0.400. The molecular weight excluding hydrogens is 196 g/mol. The lowest BCUT2D eigenvalue weighted by molar-refractivity contribution is 0.177. The van der Waals surface area contributed by atoms with Crippen molar-refractivity contribution in [2.75, 3.05) is 0 Å². The van der Waals surface area contributed by atoms with E-state index >= 15 is 0 Å². The summed E-state index contributed by atoms with van der Waals surface area (Å²) in [5.74, 6) is -0.427. The molecule has 2 aromatic rings. The van der Waals surface area contributed by atoms with Gasteiger partial charge in [-0.1, -0.05) is 0 Å². The van der Waals surface area contributed by atoms with Gasteiger partial charge in [0.1, 0.15) is 0 Å². The Hall–Kier alpha value is -1.62. The summed E-state index contributed by atoms with van der Waals surface area (Å²) in [5, 5.41) is 9.15. The molecule has 5 nitrogen and oxygen atoms in total. The van der Waals surface area contributed by atoms with E-state index in [-0.39, 0.29) is 0 Å². The van der Waals surface area contributed by atoms with Crippen molar-refractivity contribution in [2.45, 2.75) is 26.0 Å². The van der Waals surface area contributed by atoms with Gasteiger partial charge < -0.3 is 9.52 Å². The molecule has 0 amide bonds. The topological polar surface area (TPSA) is 68.3 Å². The molecule has 0 spiro atoms. The number of rotatable bonds is 3. The van der Waals surface area contributed by atoms with Crippen LogP contribution < -0.4 is 5.76 Å². The second-order valence-corrected chi connectivity index (χ2v) is 3.48. The van der Waals surface area contributed by atoms with E-state index in [0.29, 0.717) is 24.2 Å². The first-order valence-corrected chi connectivity index (χ1v) is 4.81. The van der Waals surface area contributed by atoms with Crippen LogP contribution in [-0.2, 0) is 6.54 Å². The number of aliphatic hydroxyl groups is 1. The van der Waals surface area contributed by atoms with Crippen LogP contribution in [0.15, 0.2) is 27.5 Å². The van der Waals surface area contributed by atoms with Gasteiger partial charge in [-0.05, 0) is 25.5 Å². The van der Waals surface area contributed by atoms with Gasteiger partial charge in [-0.25, -0.2) is 9.78 Å². The van der Waals surface area contributed by atoms with Crippen LogP contribution in [0.25, 0.3) is 11.2 Å². The van der Waals surface area contributed by atoms with Crippen molar-refractivity contribution in [1.82, 2.24) is 9.55 Å². The zero-order valence-electron chi connectivity index (χ0n) is 8.38. The van der Waals surface area contributed by atoms with Crippen LogP contribution in [0.3, 0.4) is 0 Å². The molecule has 1 atom stereocenters. The Morgan fingerprint density at radius 1 is 1.67 bits per heavy atom. The summed E-state index contributed by atoms with van der Waals surface area (Å²) >= 11 is 0. The number of nitrogens with zero attached hydrogens (tertiary/aromatic N) is 2. The predicted molar refractivity (Wildman–Crippen MR) is 54.6 cm³/mol. The van der Waals surface area contributed by atoms with Gasteiger partial charge in [-0.2, -0.15) is 0 Å². The molecule has 0 aromatic carbocycles. The van der Waals surface area contributed by atoms with Crippen LogP contribution in [0.4, 0.5) is 0 Å². The van der Waals surface area contributed by atoms with E-state index < -0.39 is 11.9 Å². The van der Waals surface area contributed by atoms with Crippen molar-refractivity contribution in [2.24, 2.45) is 0 Å². The van der Waals surface area contributed by atoms with Crippen LogP contribution in [0, 0.1) is 0 Å². The molecule has 1 unspecified atom stereocenters. The molecule has 0 saturated heterocycles. The Kier molecular flexibility index (Phi) is 2.55. The fourth-order valence-corrected chi connectivity index (χ4v) is 1.41. The standard InChI is InChI=1S/C10H12N2O3/c1-7(13)4-6-12-9-8(15-10(12)14)3-2-5-11-9/h2-3,5,7,13H,4,6H2,1H3. The van der Waals surface area contributed by atoms with E-state index in [9.17, 15) is 4.79 Å². The Balaban J connectivity index is 2.41. The molecule has 0 aliphatic rings. The van der Waals surface area contributed by atoms with Crippen molar-refractivity contribution in [3.8, 4) is 0 Å². The first kappa shape index (κ1) is 9.92. The maximum absolute atomic E-state index is 11.4. The third kappa shape index (κ3) is 1.92. The third-order valence-electron chi connectivity index (χ3n) is 2.19. The number of fused-ring (bicyclic) bond motifs is 1. The largest absolute Gasteiger partial charge is 0.421 e. The van der Waals surface area contributed by atoms with Crippen molar-refractivity contribution in [1.29, 1.82) is 0 Å². The molecule has 0 bridgehead atoms. The Morgan fingerprint density at radius 2 is 2.47 bits per heavy atom. The summed E-state index contributed by atoms with van der Waals surface area (Å²) in [6.45, 7) is 2.10. The average Bonchev–Trinajstić information content (AvgIpc) is 2.50.